The molecule has 0 unspecified atom stereocenters. The highest BCUT2D eigenvalue weighted by Crippen LogP contribution is 2.17. The van der Waals surface area contributed by atoms with E-state index < -0.39 is 0 Å². The molecular weight excluding hydrogens is 407 g/mol. The maximum Gasteiger partial charge on any atom is 0.123 e. The van der Waals surface area contributed by atoms with Crippen LogP contribution in [-0.2, 0) is 0 Å². The average Bonchev–Trinajstić information content (AvgIpc) is 2.61. The molecule has 2 aromatic rings. The number of rotatable bonds is 2. The maximum absolute atomic E-state index is 13.0. The second kappa shape index (κ2) is 7.68. The van der Waals surface area contributed by atoms with Crippen molar-refractivity contribution >= 4 is 50.3 Å². The highest BCUT2D eigenvalue weighted by atomic mass is 79.9. The SMILES string of the molecule is Fc1ccc(C(=S)N2CCN(C(=S)c3cccc(Br)c3)CC2)cc1. The zero-order chi connectivity index (χ0) is 17.1. The van der Waals surface area contributed by atoms with Crippen molar-refractivity contribution in [3.8, 4) is 0 Å². The van der Waals surface area contributed by atoms with Crippen LogP contribution in [0.3, 0.4) is 0 Å². The molecule has 1 fully saturated rings. The van der Waals surface area contributed by atoms with E-state index in [1.165, 1.54) is 12.1 Å². The van der Waals surface area contributed by atoms with E-state index in [4.69, 9.17) is 24.4 Å². The molecule has 24 heavy (non-hydrogen) atoms. The minimum absolute atomic E-state index is 0.245. The highest BCUT2D eigenvalue weighted by Gasteiger charge is 2.22. The van der Waals surface area contributed by atoms with Crippen molar-refractivity contribution in [3.05, 3.63) is 69.9 Å². The van der Waals surface area contributed by atoms with Crippen LogP contribution in [-0.4, -0.2) is 46.0 Å². The average molecular weight is 423 g/mol. The molecule has 1 heterocycles. The van der Waals surface area contributed by atoms with E-state index in [0.717, 1.165) is 51.8 Å². The summed E-state index contributed by atoms with van der Waals surface area (Å²) in [5.41, 5.74) is 1.93. The molecule has 2 aromatic carbocycles. The molecule has 3 rings (SSSR count). The molecule has 2 nitrogen and oxygen atoms in total. The van der Waals surface area contributed by atoms with Gasteiger partial charge in [-0.1, -0.05) is 52.5 Å². The molecule has 1 aliphatic rings. The summed E-state index contributed by atoms with van der Waals surface area (Å²) < 4.78 is 14.1. The van der Waals surface area contributed by atoms with Crippen LogP contribution >= 0.6 is 40.4 Å². The Bertz CT molecular complexity index is 756. The van der Waals surface area contributed by atoms with Crippen molar-refractivity contribution in [1.82, 2.24) is 9.80 Å². The molecule has 1 saturated heterocycles. The predicted molar refractivity (Wildman–Crippen MR) is 107 cm³/mol. The molecule has 0 atom stereocenters. The largest absolute Gasteiger partial charge is 0.359 e. The van der Waals surface area contributed by atoms with Crippen molar-refractivity contribution in [2.24, 2.45) is 0 Å². The van der Waals surface area contributed by atoms with Crippen molar-refractivity contribution in [1.29, 1.82) is 0 Å². The lowest BCUT2D eigenvalue weighted by atomic mass is 10.1. The third kappa shape index (κ3) is 3.99. The van der Waals surface area contributed by atoms with E-state index in [1.54, 1.807) is 12.1 Å². The fourth-order valence-corrected chi connectivity index (χ4v) is 3.72. The molecule has 0 N–H and O–H groups in total. The molecule has 0 radical (unpaired) electrons. The first-order valence-corrected chi connectivity index (χ1v) is 9.25. The molecule has 0 saturated carbocycles. The highest BCUT2D eigenvalue weighted by molar-refractivity contribution is 9.10. The lowest BCUT2D eigenvalue weighted by Crippen LogP contribution is -2.50. The first-order chi connectivity index (χ1) is 11.5. The Morgan fingerprint density at radius 3 is 1.92 bits per heavy atom. The van der Waals surface area contributed by atoms with E-state index in [-0.39, 0.29) is 5.82 Å². The first-order valence-electron chi connectivity index (χ1n) is 7.64. The van der Waals surface area contributed by atoms with Crippen molar-refractivity contribution in [2.45, 2.75) is 0 Å². The van der Waals surface area contributed by atoms with Crippen LogP contribution < -0.4 is 0 Å². The Morgan fingerprint density at radius 2 is 1.38 bits per heavy atom. The van der Waals surface area contributed by atoms with E-state index in [0.29, 0.717) is 0 Å². The number of hydrogen-bond donors (Lipinski definition) is 0. The molecule has 1 aliphatic heterocycles. The topological polar surface area (TPSA) is 6.48 Å². The van der Waals surface area contributed by atoms with Crippen LogP contribution in [0.4, 0.5) is 4.39 Å². The van der Waals surface area contributed by atoms with E-state index in [1.807, 2.05) is 24.3 Å². The number of hydrogen-bond acceptors (Lipinski definition) is 2. The number of thiocarbonyl (C=S) groups is 2. The minimum Gasteiger partial charge on any atom is -0.359 e. The number of piperazine rings is 1. The van der Waals surface area contributed by atoms with Crippen molar-refractivity contribution in [3.63, 3.8) is 0 Å². The predicted octanol–water partition coefficient (Wildman–Crippen LogP) is 4.26. The van der Waals surface area contributed by atoms with E-state index in [9.17, 15) is 4.39 Å². The number of halogens is 2. The van der Waals surface area contributed by atoms with Crippen LogP contribution in [0.1, 0.15) is 11.1 Å². The van der Waals surface area contributed by atoms with Gasteiger partial charge in [-0.2, -0.15) is 0 Å². The first kappa shape index (κ1) is 17.5. The Kier molecular flexibility index (Phi) is 5.58. The van der Waals surface area contributed by atoms with Crippen LogP contribution in [0.25, 0.3) is 0 Å². The number of nitrogens with zero attached hydrogens (tertiary/aromatic N) is 2. The molecule has 0 aliphatic carbocycles. The van der Waals surface area contributed by atoms with Gasteiger partial charge in [-0.15, -0.1) is 0 Å². The standard InChI is InChI=1S/C18H16BrFN2S2/c19-15-3-1-2-14(12-15)18(24)22-10-8-21(9-11-22)17(23)13-4-6-16(20)7-5-13/h1-7,12H,8-11H2. The molecule has 6 heteroatoms. The van der Waals surface area contributed by atoms with Gasteiger partial charge >= 0.3 is 0 Å². The van der Waals surface area contributed by atoms with Gasteiger partial charge in [-0.25, -0.2) is 4.39 Å². The second-order valence-corrected chi connectivity index (χ2v) is 7.29. The second-order valence-electron chi connectivity index (χ2n) is 5.60. The van der Waals surface area contributed by atoms with Crippen LogP contribution in [0, 0.1) is 5.82 Å². The summed E-state index contributed by atoms with van der Waals surface area (Å²) in [5, 5.41) is 0. The lowest BCUT2D eigenvalue weighted by Gasteiger charge is -2.37. The summed E-state index contributed by atoms with van der Waals surface area (Å²) in [4.78, 5) is 6.00. The summed E-state index contributed by atoms with van der Waals surface area (Å²) in [7, 11) is 0. The van der Waals surface area contributed by atoms with Gasteiger partial charge in [0.15, 0.2) is 0 Å². The number of benzene rings is 2. The molecule has 0 spiro atoms. The molecule has 0 bridgehead atoms. The molecule has 0 amide bonds. The van der Waals surface area contributed by atoms with Gasteiger partial charge in [0.1, 0.15) is 15.8 Å². The summed E-state index contributed by atoms with van der Waals surface area (Å²) >= 11 is 14.7. The fourth-order valence-electron chi connectivity index (χ4n) is 2.69. The van der Waals surface area contributed by atoms with Crippen molar-refractivity contribution in [2.75, 3.05) is 26.2 Å². The summed E-state index contributed by atoms with van der Waals surface area (Å²) in [5.74, 6) is -0.245. The van der Waals surface area contributed by atoms with Crippen LogP contribution in [0.2, 0.25) is 0 Å². The zero-order valence-corrected chi connectivity index (χ0v) is 16.1. The monoisotopic (exact) mass is 422 g/mol. The van der Waals surface area contributed by atoms with Crippen LogP contribution in [0.15, 0.2) is 53.0 Å². The van der Waals surface area contributed by atoms with Crippen LogP contribution in [0.5, 0.6) is 0 Å². The van der Waals surface area contributed by atoms with E-state index in [2.05, 4.69) is 25.7 Å². The van der Waals surface area contributed by atoms with Gasteiger partial charge in [-0.3, -0.25) is 0 Å². The quantitative estimate of drug-likeness (QED) is 0.666. The van der Waals surface area contributed by atoms with Crippen molar-refractivity contribution < 1.29 is 4.39 Å². The summed E-state index contributed by atoms with van der Waals surface area (Å²) in [6.07, 6.45) is 0. The normalized spacial score (nSPS) is 14.6. The van der Waals surface area contributed by atoms with E-state index >= 15 is 0 Å². The van der Waals surface area contributed by atoms with Gasteiger partial charge in [0.25, 0.3) is 0 Å². The van der Waals surface area contributed by atoms with Gasteiger partial charge < -0.3 is 9.80 Å². The summed E-state index contributed by atoms with van der Waals surface area (Å²) in [6, 6.07) is 14.4. The lowest BCUT2D eigenvalue weighted by molar-refractivity contribution is 0.265. The van der Waals surface area contributed by atoms with Gasteiger partial charge in [0.05, 0.1) is 0 Å². The third-order valence-corrected chi connectivity index (χ3v) is 5.50. The molecule has 0 aromatic heterocycles. The smallest absolute Gasteiger partial charge is 0.123 e. The Labute approximate surface area is 160 Å². The Hall–Kier alpha value is -1.37. The van der Waals surface area contributed by atoms with Gasteiger partial charge in [-0.05, 0) is 36.4 Å². The minimum atomic E-state index is -0.245. The fraction of sp³-hybridized carbons (Fsp3) is 0.222. The molecular formula is C18H16BrFN2S2. The zero-order valence-electron chi connectivity index (χ0n) is 12.9. The maximum atomic E-state index is 13.0. The van der Waals surface area contributed by atoms with Gasteiger partial charge in [0.2, 0.25) is 0 Å². The third-order valence-electron chi connectivity index (χ3n) is 4.02. The molecule has 124 valence electrons. The Morgan fingerprint density at radius 1 is 0.833 bits per heavy atom. The van der Waals surface area contributed by atoms with Gasteiger partial charge in [0, 0.05) is 41.8 Å². The Balaban J connectivity index is 1.62. The summed E-state index contributed by atoms with van der Waals surface area (Å²) in [6.45, 7) is 3.27.